The van der Waals surface area contributed by atoms with E-state index in [1.54, 1.807) is 0 Å². The van der Waals surface area contributed by atoms with Crippen molar-refractivity contribution in [3.8, 4) is 0 Å². The van der Waals surface area contributed by atoms with Crippen molar-refractivity contribution in [1.82, 2.24) is 0 Å². The Bertz CT molecular complexity index is 191. The van der Waals surface area contributed by atoms with Crippen LogP contribution in [-0.2, 0) is 0 Å². The van der Waals surface area contributed by atoms with Crippen LogP contribution >= 0.6 is 0 Å². The smallest absolute Gasteiger partial charge is 0.0639 e. The minimum atomic E-state index is 0.134. The lowest BCUT2D eigenvalue weighted by Gasteiger charge is -2.02. The molecule has 1 nitrogen and oxygen atoms in total. The fourth-order valence-corrected chi connectivity index (χ4v) is 1.45. The Balaban J connectivity index is 1.97. The molecule has 0 spiro atoms. The van der Waals surface area contributed by atoms with Crippen LogP contribution in [0.3, 0.4) is 0 Å². The number of allylic oxidation sites excluding steroid dienone is 2. The molecule has 0 aliphatic heterocycles. The van der Waals surface area contributed by atoms with Crippen molar-refractivity contribution < 1.29 is 5.11 Å². The van der Waals surface area contributed by atoms with Gasteiger partial charge in [0.1, 0.15) is 0 Å². The van der Waals surface area contributed by atoms with Crippen LogP contribution in [0.2, 0.25) is 0 Å². The van der Waals surface area contributed by atoms with Crippen LogP contribution in [0.1, 0.15) is 32.1 Å². The largest absolute Gasteiger partial charge is 0.392 e. The Labute approximate surface area is 81.2 Å². The van der Waals surface area contributed by atoms with Gasteiger partial charge in [0.2, 0.25) is 0 Å². The molecular weight excluding hydrogens is 160 g/mol. The highest BCUT2D eigenvalue weighted by Gasteiger charge is 2.04. The third kappa shape index (κ3) is 4.28. The second kappa shape index (κ2) is 5.98. The molecular formula is C12H18O. The second-order valence-corrected chi connectivity index (χ2v) is 3.49. The van der Waals surface area contributed by atoms with Gasteiger partial charge in [0.05, 0.1) is 6.61 Å². The number of unbranched alkanes of at least 4 members (excludes halogenated alkanes) is 1. The molecule has 0 bridgehead atoms. The van der Waals surface area contributed by atoms with Gasteiger partial charge in [-0.05, 0) is 44.9 Å². The van der Waals surface area contributed by atoms with E-state index in [0.29, 0.717) is 0 Å². The molecule has 72 valence electrons. The topological polar surface area (TPSA) is 20.2 Å². The minimum Gasteiger partial charge on any atom is -0.392 e. The van der Waals surface area contributed by atoms with E-state index < -0.39 is 0 Å². The van der Waals surface area contributed by atoms with Crippen molar-refractivity contribution in [2.75, 3.05) is 6.61 Å². The van der Waals surface area contributed by atoms with E-state index in [2.05, 4.69) is 25.5 Å². The van der Waals surface area contributed by atoms with Gasteiger partial charge in [-0.3, -0.25) is 0 Å². The molecule has 0 atom stereocenters. The summed E-state index contributed by atoms with van der Waals surface area (Å²) in [5, 5.41) is 8.72. The van der Waals surface area contributed by atoms with Crippen LogP contribution in [-0.4, -0.2) is 11.7 Å². The van der Waals surface area contributed by atoms with Crippen molar-refractivity contribution >= 4 is 0 Å². The van der Waals surface area contributed by atoms with Gasteiger partial charge in [0, 0.05) is 0 Å². The molecule has 0 unspecified atom stereocenters. The van der Waals surface area contributed by atoms with Crippen LogP contribution in [0.15, 0.2) is 23.8 Å². The molecule has 0 aromatic heterocycles. The maximum Gasteiger partial charge on any atom is 0.0639 e. The standard InChI is InChI=1S/C12H18O/c1-11(10-13)6-2-3-7-12-8-4-5-9-12/h7-9,13H,1-6,10H2. The Hall–Kier alpha value is -0.560. The zero-order valence-corrected chi connectivity index (χ0v) is 8.13. The number of hydrogen-bond donors (Lipinski definition) is 1. The number of aliphatic hydroxyl groups is 1. The zero-order chi connectivity index (χ0) is 9.52. The van der Waals surface area contributed by atoms with Gasteiger partial charge < -0.3 is 5.11 Å². The molecule has 0 fully saturated rings. The van der Waals surface area contributed by atoms with Crippen LogP contribution < -0.4 is 0 Å². The molecule has 2 radical (unpaired) electrons. The van der Waals surface area contributed by atoms with Crippen molar-refractivity contribution in [2.24, 2.45) is 0 Å². The third-order valence-electron chi connectivity index (χ3n) is 2.26. The normalized spacial score (nSPS) is 15.9. The SMILES string of the molecule is C=C(CO)CCC[CH]C1=CCC[CH]1. The number of rotatable bonds is 6. The molecule has 1 aliphatic rings. The lowest BCUT2D eigenvalue weighted by molar-refractivity contribution is 0.326. The van der Waals surface area contributed by atoms with E-state index in [9.17, 15) is 0 Å². The summed E-state index contributed by atoms with van der Waals surface area (Å²) in [7, 11) is 0. The van der Waals surface area contributed by atoms with Crippen molar-refractivity contribution in [2.45, 2.75) is 32.1 Å². The molecule has 1 rings (SSSR count). The zero-order valence-electron chi connectivity index (χ0n) is 8.13. The highest BCUT2D eigenvalue weighted by atomic mass is 16.3. The van der Waals surface area contributed by atoms with Gasteiger partial charge in [0.15, 0.2) is 0 Å². The second-order valence-electron chi connectivity index (χ2n) is 3.49. The Morgan fingerprint density at radius 2 is 2.38 bits per heavy atom. The predicted molar refractivity (Wildman–Crippen MR) is 56.0 cm³/mol. The average Bonchev–Trinajstić information content (AvgIpc) is 2.64. The van der Waals surface area contributed by atoms with Gasteiger partial charge >= 0.3 is 0 Å². The summed E-state index contributed by atoms with van der Waals surface area (Å²) in [6, 6.07) is 0. The monoisotopic (exact) mass is 178 g/mol. The maximum atomic E-state index is 8.72. The van der Waals surface area contributed by atoms with E-state index in [1.807, 2.05) is 0 Å². The Morgan fingerprint density at radius 1 is 1.54 bits per heavy atom. The fourth-order valence-electron chi connectivity index (χ4n) is 1.45. The summed E-state index contributed by atoms with van der Waals surface area (Å²) in [6.45, 7) is 3.89. The van der Waals surface area contributed by atoms with E-state index in [0.717, 1.165) is 24.8 Å². The number of aliphatic hydroxyl groups excluding tert-OH is 1. The minimum absolute atomic E-state index is 0.134. The summed E-state index contributed by atoms with van der Waals surface area (Å²) >= 11 is 0. The molecule has 0 saturated heterocycles. The van der Waals surface area contributed by atoms with Gasteiger partial charge in [0.25, 0.3) is 0 Å². The maximum absolute atomic E-state index is 8.72. The highest BCUT2D eigenvalue weighted by molar-refractivity contribution is 5.26. The summed E-state index contributed by atoms with van der Waals surface area (Å²) in [4.78, 5) is 0. The molecule has 1 aliphatic carbocycles. The van der Waals surface area contributed by atoms with Gasteiger partial charge in [-0.1, -0.05) is 23.8 Å². The van der Waals surface area contributed by atoms with Crippen molar-refractivity contribution in [1.29, 1.82) is 0 Å². The van der Waals surface area contributed by atoms with Gasteiger partial charge in [-0.25, -0.2) is 0 Å². The quantitative estimate of drug-likeness (QED) is 0.490. The van der Waals surface area contributed by atoms with E-state index in [1.165, 1.54) is 18.4 Å². The molecule has 0 heterocycles. The number of hydrogen-bond acceptors (Lipinski definition) is 1. The first-order valence-corrected chi connectivity index (χ1v) is 4.97. The third-order valence-corrected chi connectivity index (χ3v) is 2.26. The van der Waals surface area contributed by atoms with Gasteiger partial charge in [-0.2, -0.15) is 0 Å². The van der Waals surface area contributed by atoms with Crippen LogP contribution in [0.25, 0.3) is 0 Å². The van der Waals surface area contributed by atoms with E-state index in [-0.39, 0.29) is 6.61 Å². The van der Waals surface area contributed by atoms with Crippen LogP contribution in [0.5, 0.6) is 0 Å². The van der Waals surface area contributed by atoms with Crippen LogP contribution in [0.4, 0.5) is 0 Å². The van der Waals surface area contributed by atoms with E-state index in [4.69, 9.17) is 5.11 Å². The average molecular weight is 178 g/mol. The summed E-state index contributed by atoms with van der Waals surface area (Å²) in [6.07, 6.45) is 12.4. The lowest BCUT2D eigenvalue weighted by atomic mass is 10.0. The van der Waals surface area contributed by atoms with Crippen molar-refractivity contribution in [3.63, 3.8) is 0 Å². The predicted octanol–water partition coefficient (Wildman–Crippen LogP) is 2.83. The summed E-state index contributed by atoms with van der Waals surface area (Å²) in [5.74, 6) is 0. The fraction of sp³-hybridized carbons (Fsp3) is 0.500. The highest BCUT2D eigenvalue weighted by Crippen LogP contribution is 2.21. The summed E-state index contributed by atoms with van der Waals surface area (Å²) in [5.41, 5.74) is 2.34. The Morgan fingerprint density at radius 3 is 3.00 bits per heavy atom. The molecule has 1 N–H and O–H groups in total. The Kier molecular flexibility index (Phi) is 4.84. The molecule has 0 saturated carbocycles. The van der Waals surface area contributed by atoms with Gasteiger partial charge in [-0.15, -0.1) is 0 Å². The van der Waals surface area contributed by atoms with Crippen molar-refractivity contribution in [3.05, 3.63) is 36.6 Å². The molecule has 0 aromatic carbocycles. The first-order chi connectivity index (χ1) is 6.33. The first kappa shape index (κ1) is 10.5. The molecule has 0 amide bonds. The molecule has 13 heavy (non-hydrogen) atoms. The first-order valence-electron chi connectivity index (χ1n) is 4.97. The molecule has 1 heteroatoms. The van der Waals surface area contributed by atoms with Crippen LogP contribution in [0, 0.1) is 12.8 Å². The van der Waals surface area contributed by atoms with E-state index >= 15 is 0 Å². The molecule has 0 aromatic rings. The summed E-state index contributed by atoms with van der Waals surface area (Å²) < 4.78 is 0. The lowest BCUT2D eigenvalue weighted by Crippen LogP contribution is -1.89.